The van der Waals surface area contributed by atoms with Gasteiger partial charge in [-0.3, -0.25) is 0 Å². The highest BCUT2D eigenvalue weighted by atomic mass is 16.2. The fourth-order valence-electron chi connectivity index (χ4n) is 1.80. The predicted molar refractivity (Wildman–Crippen MR) is 62.2 cm³/mol. The molecule has 0 spiro atoms. The molecule has 1 rings (SSSR count). The van der Waals surface area contributed by atoms with Crippen LogP contribution in [-0.4, -0.2) is 36.4 Å². The molecular weight excluding hydrogens is 190 g/mol. The molecule has 0 saturated carbocycles. The van der Waals surface area contributed by atoms with Crippen LogP contribution in [0, 0.1) is 0 Å². The second-order valence-electron chi connectivity index (χ2n) is 4.19. The quantitative estimate of drug-likeness (QED) is 0.776. The van der Waals surface area contributed by atoms with Gasteiger partial charge in [-0.1, -0.05) is 13.3 Å². The van der Waals surface area contributed by atoms with E-state index in [1.165, 1.54) is 0 Å². The normalized spacial score (nSPS) is 20.7. The Kier molecular flexibility index (Phi) is 4.59. The van der Waals surface area contributed by atoms with Crippen molar-refractivity contribution >= 4 is 11.9 Å². The topological polar surface area (TPSA) is 44.7 Å². The molecule has 1 aliphatic rings. The first-order valence-corrected chi connectivity index (χ1v) is 5.72. The zero-order valence-corrected chi connectivity index (χ0v) is 9.92. The van der Waals surface area contributed by atoms with E-state index in [2.05, 4.69) is 17.2 Å². The van der Waals surface area contributed by atoms with Crippen LogP contribution in [0.3, 0.4) is 0 Å². The van der Waals surface area contributed by atoms with E-state index in [-0.39, 0.29) is 12.1 Å². The number of amides is 2. The monoisotopic (exact) mass is 211 g/mol. The van der Waals surface area contributed by atoms with Gasteiger partial charge in [-0.25, -0.2) is 4.79 Å². The van der Waals surface area contributed by atoms with Gasteiger partial charge in [-0.2, -0.15) is 4.99 Å². The number of aliphatic imine (C=N–C) groups is 1. The van der Waals surface area contributed by atoms with E-state index >= 15 is 0 Å². The molecule has 1 atom stereocenters. The number of nitrogens with one attached hydrogen (secondary N) is 1. The summed E-state index contributed by atoms with van der Waals surface area (Å²) in [7, 11) is 1.98. The minimum atomic E-state index is -0.195. The molecule has 1 unspecified atom stereocenters. The molecule has 86 valence electrons. The number of likely N-dealkylation sites (tertiary alicyclic amines) is 1. The molecule has 15 heavy (non-hydrogen) atoms. The average molecular weight is 211 g/mol. The fourth-order valence-corrected chi connectivity index (χ4v) is 1.80. The zero-order valence-electron chi connectivity index (χ0n) is 9.92. The van der Waals surface area contributed by atoms with Gasteiger partial charge in [-0.15, -0.1) is 0 Å². The highest BCUT2D eigenvalue weighted by Crippen LogP contribution is 2.08. The Morgan fingerprint density at radius 3 is 2.93 bits per heavy atom. The summed E-state index contributed by atoms with van der Waals surface area (Å²) in [6.07, 6.45) is 4.11. The smallest absolute Gasteiger partial charge is 0.342 e. The summed E-state index contributed by atoms with van der Waals surface area (Å²) in [5.41, 5.74) is 0. The molecule has 0 aromatic heterocycles. The standard InChI is InChI=1S/C11H21N3O/c1-4-6-9(2)12-11(15)13-10-7-5-8-14(10)3/h9H,4-8H2,1-3H3,(H,12,15). The van der Waals surface area contributed by atoms with Gasteiger partial charge in [0.25, 0.3) is 0 Å². The number of carbonyl (C=O) groups excluding carboxylic acids is 1. The number of hydrogen-bond acceptors (Lipinski definition) is 1. The molecule has 0 aromatic carbocycles. The van der Waals surface area contributed by atoms with Crippen LogP contribution in [0.1, 0.15) is 39.5 Å². The van der Waals surface area contributed by atoms with E-state index in [0.29, 0.717) is 0 Å². The van der Waals surface area contributed by atoms with Gasteiger partial charge >= 0.3 is 6.03 Å². The van der Waals surface area contributed by atoms with E-state index in [9.17, 15) is 4.79 Å². The van der Waals surface area contributed by atoms with Crippen molar-refractivity contribution in [2.75, 3.05) is 13.6 Å². The summed E-state index contributed by atoms with van der Waals surface area (Å²) in [6, 6.07) is 0.0262. The van der Waals surface area contributed by atoms with Crippen LogP contribution < -0.4 is 5.32 Å². The Bertz CT molecular complexity index is 250. The molecule has 4 heteroatoms. The number of carbonyl (C=O) groups is 1. The van der Waals surface area contributed by atoms with Crippen LogP contribution in [0.5, 0.6) is 0 Å². The van der Waals surface area contributed by atoms with E-state index in [4.69, 9.17) is 0 Å². The van der Waals surface area contributed by atoms with Crippen molar-refractivity contribution in [3.8, 4) is 0 Å². The van der Waals surface area contributed by atoms with E-state index < -0.39 is 0 Å². The Labute approximate surface area is 91.7 Å². The summed E-state index contributed by atoms with van der Waals surface area (Å²) in [4.78, 5) is 17.6. The molecule has 4 nitrogen and oxygen atoms in total. The molecular formula is C11H21N3O. The van der Waals surface area contributed by atoms with Gasteiger partial charge in [0.2, 0.25) is 0 Å². The fraction of sp³-hybridized carbons (Fsp3) is 0.818. The van der Waals surface area contributed by atoms with Crippen LogP contribution in [-0.2, 0) is 0 Å². The van der Waals surface area contributed by atoms with Gasteiger partial charge in [0, 0.05) is 26.1 Å². The lowest BCUT2D eigenvalue weighted by Gasteiger charge is -2.13. The Balaban J connectivity index is 2.40. The van der Waals surface area contributed by atoms with Crippen molar-refractivity contribution in [1.29, 1.82) is 0 Å². The minimum Gasteiger partial charge on any atom is -0.363 e. The first kappa shape index (κ1) is 12.0. The number of hydrogen-bond donors (Lipinski definition) is 1. The highest BCUT2D eigenvalue weighted by molar-refractivity contribution is 5.94. The molecule has 1 N–H and O–H groups in total. The van der Waals surface area contributed by atoms with E-state index in [1.807, 2.05) is 18.9 Å². The average Bonchev–Trinajstić information content (AvgIpc) is 2.52. The van der Waals surface area contributed by atoms with Gasteiger partial charge in [0.05, 0.1) is 0 Å². The van der Waals surface area contributed by atoms with Crippen molar-refractivity contribution in [3.63, 3.8) is 0 Å². The molecule has 0 radical (unpaired) electrons. The molecule has 2 amide bonds. The summed E-state index contributed by atoms with van der Waals surface area (Å²) >= 11 is 0. The van der Waals surface area contributed by atoms with Crippen molar-refractivity contribution in [2.24, 2.45) is 4.99 Å². The van der Waals surface area contributed by atoms with Crippen molar-refractivity contribution < 1.29 is 4.79 Å². The third kappa shape index (κ3) is 3.90. The molecule has 0 aromatic rings. The van der Waals surface area contributed by atoms with Crippen LogP contribution in [0.2, 0.25) is 0 Å². The van der Waals surface area contributed by atoms with Crippen molar-refractivity contribution in [3.05, 3.63) is 0 Å². The number of rotatable bonds is 3. The number of urea groups is 1. The predicted octanol–water partition coefficient (Wildman–Crippen LogP) is 2.01. The lowest BCUT2D eigenvalue weighted by molar-refractivity contribution is 0.245. The minimum absolute atomic E-state index is 0.195. The number of amidine groups is 1. The van der Waals surface area contributed by atoms with Gasteiger partial charge in [-0.05, 0) is 19.8 Å². The summed E-state index contributed by atoms with van der Waals surface area (Å²) in [5.74, 6) is 0.913. The third-order valence-electron chi connectivity index (χ3n) is 2.66. The molecule has 1 saturated heterocycles. The van der Waals surface area contributed by atoms with Crippen LogP contribution in [0.4, 0.5) is 4.79 Å². The maximum absolute atomic E-state index is 11.5. The highest BCUT2D eigenvalue weighted by Gasteiger charge is 2.15. The van der Waals surface area contributed by atoms with Gasteiger partial charge in [0.1, 0.15) is 5.84 Å². The number of nitrogens with zero attached hydrogens (tertiary/aromatic N) is 2. The van der Waals surface area contributed by atoms with Gasteiger partial charge < -0.3 is 10.2 Å². The van der Waals surface area contributed by atoms with Gasteiger partial charge in [0.15, 0.2) is 0 Å². The Morgan fingerprint density at radius 2 is 2.40 bits per heavy atom. The van der Waals surface area contributed by atoms with E-state index in [1.54, 1.807) is 0 Å². The van der Waals surface area contributed by atoms with E-state index in [0.717, 1.165) is 38.1 Å². The molecule has 1 aliphatic heterocycles. The summed E-state index contributed by atoms with van der Waals surface area (Å²) in [5, 5.41) is 2.88. The molecule has 1 heterocycles. The maximum Gasteiger partial charge on any atom is 0.342 e. The lowest BCUT2D eigenvalue weighted by Crippen LogP contribution is -2.32. The van der Waals surface area contributed by atoms with Crippen molar-refractivity contribution in [2.45, 2.75) is 45.6 Å². The SMILES string of the molecule is CCCC(C)NC(=O)N=C1CCCN1C. The molecule has 1 fully saturated rings. The lowest BCUT2D eigenvalue weighted by atomic mass is 10.2. The van der Waals surface area contributed by atoms with Crippen LogP contribution in [0.25, 0.3) is 0 Å². The van der Waals surface area contributed by atoms with Crippen LogP contribution >= 0.6 is 0 Å². The largest absolute Gasteiger partial charge is 0.363 e. The second-order valence-corrected chi connectivity index (χ2v) is 4.19. The Morgan fingerprint density at radius 1 is 1.67 bits per heavy atom. The second kappa shape index (κ2) is 5.73. The molecule has 0 bridgehead atoms. The molecule has 0 aliphatic carbocycles. The summed E-state index contributed by atoms with van der Waals surface area (Å²) in [6.45, 7) is 5.13. The first-order valence-electron chi connectivity index (χ1n) is 5.72. The summed E-state index contributed by atoms with van der Waals surface area (Å²) < 4.78 is 0. The zero-order chi connectivity index (χ0) is 11.3. The Hall–Kier alpha value is -1.06. The maximum atomic E-state index is 11.5. The van der Waals surface area contributed by atoms with Crippen molar-refractivity contribution in [1.82, 2.24) is 10.2 Å². The first-order chi connectivity index (χ1) is 7.13. The third-order valence-corrected chi connectivity index (χ3v) is 2.66. The van der Waals surface area contributed by atoms with Crippen LogP contribution in [0.15, 0.2) is 4.99 Å².